The third-order valence-corrected chi connectivity index (χ3v) is 5.59. The Bertz CT molecular complexity index is 988. The smallest absolute Gasteiger partial charge is 0.139 e. The quantitative estimate of drug-likeness (QED) is 0.635. The van der Waals surface area contributed by atoms with E-state index in [0.29, 0.717) is 11.1 Å². The molecule has 1 aliphatic rings. The molecule has 5 nitrogen and oxygen atoms in total. The van der Waals surface area contributed by atoms with Crippen LogP contribution < -0.4 is 9.80 Å². The molecule has 0 amide bonds. The first-order valence-corrected chi connectivity index (χ1v) is 10.2. The second-order valence-electron chi connectivity index (χ2n) is 7.69. The first kappa shape index (κ1) is 18.9. The second-order valence-corrected chi connectivity index (χ2v) is 8.13. The maximum absolute atomic E-state index is 6.17. The molecule has 1 unspecified atom stereocenters. The fraction of sp³-hybridized carbons (Fsp3) is 0.409. The number of hydrogen-bond acceptors (Lipinski definition) is 5. The molecular formula is C22H26ClN5. The Kier molecular flexibility index (Phi) is 5.36. The molecule has 1 saturated heterocycles. The van der Waals surface area contributed by atoms with Gasteiger partial charge < -0.3 is 9.80 Å². The van der Waals surface area contributed by atoms with Crippen LogP contribution in [0.25, 0.3) is 10.9 Å². The molecule has 0 radical (unpaired) electrons. The molecule has 1 fully saturated rings. The molecule has 0 spiro atoms. The molecule has 1 aliphatic heterocycles. The molecule has 146 valence electrons. The van der Waals surface area contributed by atoms with Crippen molar-refractivity contribution in [2.45, 2.75) is 38.6 Å². The lowest BCUT2D eigenvalue weighted by atomic mass is 10.2. The van der Waals surface area contributed by atoms with E-state index in [1.807, 2.05) is 37.2 Å². The van der Waals surface area contributed by atoms with Crippen LogP contribution in [0, 0.1) is 0 Å². The van der Waals surface area contributed by atoms with E-state index in [2.05, 4.69) is 30.0 Å². The summed E-state index contributed by atoms with van der Waals surface area (Å²) in [5, 5.41) is 1.67. The van der Waals surface area contributed by atoms with Gasteiger partial charge in [0.2, 0.25) is 0 Å². The van der Waals surface area contributed by atoms with E-state index >= 15 is 0 Å². The van der Waals surface area contributed by atoms with Gasteiger partial charge in [-0.25, -0.2) is 15.0 Å². The van der Waals surface area contributed by atoms with Gasteiger partial charge in [0, 0.05) is 49.2 Å². The number of halogens is 1. The second kappa shape index (κ2) is 7.92. The van der Waals surface area contributed by atoms with Crippen molar-refractivity contribution < 1.29 is 0 Å². The molecule has 0 saturated carbocycles. The molecule has 1 atom stereocenters. The fourth-order valence-corrected chi connectivity index (χ4v) is 4.04. The number of hydrogen-bond donors (Lipinski definition) is 0. The highest BCUT2D eigenvalue weighted by molar-refractivity contribution is 6.31. The van der Waals surface area contributed by atoms with Crippen molar-refractivity contribution in [3.05, 3.63) is 52.9 Å². The maximum atomic E-state index is 6.17. The Hall–Kier alpha value is -2.40. The minimum Gasteiger partial charge on any atom is -0.362 e. The Labute approximate surface area is 171 Å². The monoisotopic (exact) mass is 395 g/mol. The van der Waals surface area contributed by atoms with Gasteiger partial charge in [-0.3, -0.25) is 0 Å². The minimum absolute atomic E-state index is 0.570. The normalized spacial score (nSPS) is 16.7. The largest absolute Gasteiger partial charge is 0.362 e. The van der Waals surface area contributed by atoms with Crippen molar-refractivity contribution in [2.24, 2.45) is 0 Å². The lowest BCUT2D eigenvalue weighted by Gasteiger charge is -2.23. The highest BCUT2D eigenvalue weighted by Gasteiger charge is 2.21. The average Bonchev–Trinajstić information content (AvgIpc) is 3.12. The molecule has 3 aromatic rings. The number of aryl methyl sites for hydroxylation is 2. The van der Waals surface area contributed by atoms with Crippen LogP contribution in [0.15, 0.2) is 36.4 Å². The summed E-state index contributed by atoms with van der Waals surface area (Å²) < 4.78 is 0. The number of fused-ring (bicyclic) bond motifs is 1. The molecule has 2 aromatic heterocycles. The van der Waals surface area contributed by atoms with E-state index in [1.54, 1.807) is 0 Å². The van der Waals surface area contributed by atoms with Gasteiger partial charge in [0.15, 0.2) is 0 Å². The number of anilines is 2. The number of pyridine rings is 1. The van der Waals surface area contributed by atoms with Crippen LogP contribution in [-0.4, -0.2) is 41.6 Å². The van der Waals surface area contributed by atoms with Crippen LogP contribution in [0.2, 0.25) is 5.02 Å². The third-order valence-electron chi connectivity index (χ3n) is 5.35. The fourth-order valence-electron chi connectivity index (χ4n) is 3.86. The van der Waals surface area contributed by atoms with Crippen LogP contribution in [0.5, 0.6) is 0 Å². The van der Waals surface area contributed by atoms with Crippen LogP contribution in [0.4, 0.5) is 11.6 Å². The third kappa shape index (κ3) is 3.90. The van der Waals surface area contributed by atoms with E-state index < -0.39 is 0 Å². The zero-order chi connectivity index (χ0) is 19.7. The van der Waals surface area contributed by atoms with Gasteiger partial charge in [0.05, 0.1) is 5.52 Å². The molecule has 3 heterocycles. The van der Waals surface area contributed by atoms with Gasteiger partial charge in [0.1, 0.15) is 17.5 Å². The summed E-state index contributed by atoms with van der Waals surface area (Å²) in [5.74, 6) is 2.82. The summed E-state index contributed by atoms with van der Waals surface area (Å²) in [6.45, 7) is 3.37. The minimum atomic E-state index is 0.570. The van der Waals surface area contributed by atoms with Crippen molar-refractivity contribution in [1.82, 2.24) is 15.0 Å². The molecular weight excluding hydrogens is 370 g/mol. The van der Waals surface area contributed by atoms with E-state index in [0.717, 1.165) is 53.4 Å². The summed E-state index contributed by atoms with van der Waals surface area (Å²) in [4.78, 5) is 18.9. The first-order chi connectivity index (χ1) is 13.5. The highest BCUT2D eigenvalue weighted by atomic mass is 35.5. The van der Waals surface area contributed by atoms with Gasteiger partial charge in [-0.15, -0.1) is 0 Å². The van der Waals surface area contributed by atoms with Crippen molar-refractivity contribution in [2.75, 3.05) is 30.4 Å². The lowest BCUT2D eigenvalue weighted by Crippen LogP contribution is -2.27. The number of nitrogens with zero attached hydrogens (tertiary/aromatic N) is 5. The summed E-state index contributed by atoms with van der Waals surface area (Å²) >= 11 is 6.17. The molecule has 4 rings (SSSR count). The summed E-state index contributed by atoms with van der Waals surface area (Å²) in [6, 6.07) is 12.7. The van der Waals surface area contributed by atoms with E-state index in [9.17, 15) is 0 Å². The van der Waals surface area contributed by atoms with Gasteiger partial charge in [-0.2, -0.15) is 0 Å². The zero-order valence-electron chi connectivity index (χ0n) is 16.7. The van der Waals surface area contributed by atoms with Crippen LogP contribution in [-0.2, 0) is 12.8 Å². The van der Waals surface area contributed by atoms with Crippen LogP contribution in [0.3, 0.4) is 0 Å². The average molecular weight is 396 g/mol. The number of benzene rings is 1. The standard InChI is InChI=1S/C22H26ClN5/c1-15-6-5-13-28(15)21-8-4-7-17(24-21)10-12-20-25-19-11-9-16(23)14-18(19)22(26-20)27(2)3/h4,7-9,11,14-15H,5-6,10,12-13H2,1-3H3. The molecule has 0 N–H and O–H groups in total. The van der Waals surface area contributed by atoms with E-state index in [1.165, 1.54) is 12.8 Å². The van der Waals surface area contributed by atoms with Crippen molar-refractivity contribution >= 4 is 34.1 Å². The van der Waals surface area contributed by atoms with Crippen LogP contribution >= 0.6 is 11.6 Å². The summed E-state index contributed by atoms with van der Waals surface area (Å²) in [6.07, 6.45) is 4.07. The van der Waals surface area contributed by atoms with Crippen molar-refractivity contribution in [1.29, 1.82) is 0 Å². The lowest BCUT2D eigenvalue weighted by molar-refractivity contribution is 0.723. The van der Waals surface area contributed by atoms with E-state index in [-0.39, 0.29) is 0 Å². The zero-order valence-corrected chi connectivity index (χ0v) is 17.4. The molecule has 28 heavy (non-hydrogen) atoms. The van der Waals surface area contributed by atoms with E-state index in [4.69, 9.17) is 26.6 Å². The van der Waals surface area contributed by atoms with Gasteiger partial charge in [-0.05, 0) is 56.5 Å². The van der Waals surface area contributed by atoms with Gasteiger partial charge in [0.25, 0.3) is 0 Å². The highest BCUT2D eigenvalue weighted by Crippen LogP contribution is 2.26. The van der Waals surface area contributed by atoms with Gasteiger partial charge >= 0.3 is 0 Å². The van der Waals surface area contributed by atoms with Gasteiger partial charge in [-0.1, -0.05) is 17.7 Å². The molecule has 0 bridgehead atoms. The Balaban J connectivity index is 1.57. The summed E-state index contributed by atoms with van der Waals surface area (Å²) in [5.41, 5.74) is 2.01. The van der Waals surface area contributed by atoms with Crippen molar-refractivity contribution in [3.8, 4) is 0 Å². The Morgan fingerprint density at radius 2 is 1.96 bits per heavy atom. The molecule has 1 aromatic carbocycles. The predicted molar refractivity (Wildman–Crippen MR) is 117 cm³/mol. The first-order valence-electron chi connectivity index (χ1n) is 9.87. The Morgan fingerprint density at radius 3 is 2.71 bits per heavy atom. The molecule has 6 heteroatoms. The molecule has 0 aliphatic carbocycles. The number of aromatic nitrogens is 3. The summed E-state index contributed by atoms with van der Waals surface area (Å²) in [7, 11) is 3.99. The number of rotatable bonds is 5. The maximum Gasteiger partial charge on any atom is 0.139 e. The Morgan fingerprint density at radius 1 is 1.11 bits per heavy atom. The predicted octanol–water partition coefficient (Wildman–Crippen LogP) is 4.52. The van der Waals surface area contributed by atoms with Crippen molar-refractivity contribution in [3.63, 3.8) is 0 Å². The SMILES string of the molecule is CC1CCCN1c1cccc(CCc2nc(N(C)C)c3cc(Cl)ccc3n2)n1. The topological polar surface area (TPSA) is 45.2 Å². The van der Waals surface area contributed by atoms with Crippen LogP contribution in [0.1, 0.15) is 31.3 Å².